The fraction of sp³-hybridized carbons (Fsp3) is 0.333. The van der Waals surface area contributed by atoms with E-state index in [2.05, 4.69) is 27.9 Å². The van der Waals surface area contributed by atoms with Gasteiger partial charge in [-0.2, -0.15) is 9.98 Å². The Bertz CT molecular complexity index is 185. The molecule has 0 amide bonds. The van der Waals surface area contributed by atoms with Gasteiger partial charge in [0.05, 0.1) is 0 Å². The zero-order valence-electron chi connectivity index (χ0n) is 5.07. The molecule has 10 heavy (non-hydrogen) atoms. The van der Waals surface area contributed by atoms with E-state index in [-0.39, 0.29) is 11.9 Å². The second kappa shape index (κ2) is 2.03. The van der Waals surface area contributed by atoms with E-state index in [1.54, 1.807) is 0 Å². The van der Waals surface area contributed by atoms with Crippen LogP contribution in [0.3, 0.4) is 0 Å². The molecule has 0 aromatic rings. The van der Waals surface area contributed by atoms with Crippen molar-refractivity contribution in [2.45, 2.75) is 5.12 Å². The molecular weight excluding hydrogens is 152 g/mol. The summed E-state index contributed by atoms with van der Waals surface area (Å²) in [6, 6.07) is 0. The van der Waals surface area contributed by atoms with Crippen LogP contribution in [0.4, 0.5) is 0 Å². The number of nitrogens with zero attached hydrogens (tertiary/aromatic N) is 2. The van der Waals surface area contributed by atoms with E-state index in [0.29, 0.717) is 0 Å². The highest BCUT2D eigenvalue weighted by molar-refractivity contribution is 7.81. The monoisotopic (exact) mass is 160 g/mol. The third-order valence-corrected chi connectivity index (χ3v) is 1.03. The molecule has 1 aliphatic heterocycles. The minimum atomic E-state index is -1.32. The Hall–Kier alpha value is -0.950. The van der Waals surface area contributed by atoms with Crippen LogP contribution in [0.2, 0.25) is 0 Å². The summed E-state index contributed by atoms with van der Waals surface area (Å²) in [7, 11) is 0. The first-order chi connectivity index (χ1) is 4.49. The topological polar surface area (TPSA) is 115 Å². The molecule has 7 N–H and O–H groups in total. The van der Waals surface area contributed by atoms with Gasteiger partial charge in [-0.1, -0.05) is 0 Å². The summed E-state index contributed by atoms with van der Waals surface area (Å²) in [5.41, 5.74) is 15.8. The predicted molar refractivity (Wildman–Crippen MR) is 42.3 cm³/mol. The van der Waals surface area contributed by atoms with E-state index < -0.39 is 5.12 Å². The Morgan fingerprint density at radius 2 is 1.70 bits per heavy atom. The summed E-state index contributed by atoms with van der Waals surface area (Å²) in [5, 5.41) is 1.14. The van der Waals surface area contributed by atoms with Crippen molar-refractivity contribution < 1.29 is 0 Å². The predicted octanol–water partition coefficient (Wildman–Crippen LogP) is -2.28. The maximum Gasteiger partial charge on any atom is 0.255 e. The van der Waals surface area contributed by atoms with Gasteiger partial charge in [0.1, 0.15) is 0 Å². The molecule has 0 aromatic heterocycles. The number of nitrogens with one attached hydrogen (secondary N) is 1. The van der Waals surface area contributed by atoms with Crippen LogP contribution in [-0.2, 0) is 0 Å². The number of hydrogen-bond donors (Lipinski definition) is 5. The largest absolute Gasteiger partial charge is 0.369 e. The smallest absolute Gasteiger partial charge is 0.255 e. The van der Waals surface area contributed by atoms with Gasteiger partial charge in [-0.25, -0.2) is 0 Å². The van der Waals surface area contributed by atoms with Crippen molar-refractivity contribution in [3.05, 3.63) is 0 Å². The minimum Gasteiger partial charge on any atom is -0.369 e. The second-order valence-electron chi connectivity index (χ2n) is 1.81. The zero-order valence-corrected chi connectivity index (χ0v) is 5.97. The number of hydrogen-bond acceptors (Lipinski definition) is 7. The molecule has 0 fully saturated rings. The Morgan fingerprint density at radius 1 is 1.30 bits per heavy atom. The van der Waals surface area contributed by atoms with Gasteiger partial charge in [0.15, 0.2) is 11.9 Å². The van der Waals surface area contributed by atoms with Gasteiger partial charge in [0.2, 0.25) is 0 Å². The number of rotatable bonds is 0. The van der Waals surface area contributed by atoms with Gasteiger partial charge in [0, 0.05) is 0 Å². The van der Waals surface area contributed by atoms with Crippen LogP contribution in [0.1, 0.15) is 0 Å². The maximum atomic E-state index is 5.35. The highest BCUT2D eigenvalue weighted by Gasteiger charge is 2.21. The summed E-state index contributed by atoms with van der Waals surface area (Å²) < 4.78 is 0. The molecular formula is C3H8N6S. The molecule has 0 spiro atoms. The van der Waals surface area contributed by atoms with E-state index in [1.165, 1.54) is 0 Å². The van der Waals surface area contributed by atoms with Gasteiger partial charge in [-0.05, 0) is 0 Å². The number of nitrogens with two attached hydrogens (primary N) is 3. The molecule has 0 saturated carbocycles. The molecule has 1 aliphatic rings. The Balaban J connectivity index is 2.88. The quantitative estimate of drug-likeness (QED) is 0.203. The zero-order chi connectivity index (χ0) is 7.78. The first kappa shape index (κ1) is 7.16. The summed E-state index contributed by atoms with van der Waals surface area (Å²) in [6.45, 7) is 0. The van der Waals surface area contributed by atoms with Gasteiger partial charge in [0.25, 0.3) is 5.12 Å². The van der Waals surface area contributed by atoms with Crippen molar-refractivity contribution in [2.24, 2.45) is 27.2 Å². The van der Waals surface area contributed by atoms with Crippen molar-refractivity contribution in [1.29, 1.82) is 0 Å². The third kappa shape index (κ3) is 1.52. The molecule has 1 rings (SSSR count). The number of thiol groups is 1. The molecule has 0 aliphatic carbocycles. The lowest BCUT2D eigenvalue weighted by Gasteiger charge is -2.20. The van der Waals surface area contributed by atoms with E-state index in [9.17, 15) is 0 Å². The van der Waals surface area contributed by atoms with E-state index in [0.717, 1.165) is 0 Å². The van der Waals surface area contributed by atoms with Crippen LogP contribution < -0.4 is 22.5 Å². The van der Waals surface area contributed by atoms with Crippen molar-refractivity contribution in [3.8, 4) is 0 Å². The fourth-order valence-electron chi connectivity index (χ4n) is 0.567. The van der Waals surface area contributed by atoms with Crippen LogP contribution >= 0.6 is 12.6 Å². The first-order valence-corrected chi connectivity index (χ1v) is 2.93. The molecule has 0 unspecified atom stereocenters. The lowest BCUT2D eigenvalue weighted by atomic mass is 10.7. The lowest BCUT2D eigenvalue weighted by Crippen LogP contribution is -2.50. The normalized spacial score (nSPS) is 22.6. The van der Waals surface area contributed by atoms with Gasteiger partial charge in [-0.3, -0.25) is 11.1 Å². The molecule has 1 heterocycles. The molecule has 0 atom stereocenters. The summed E-state index contributed by atoms with van der Waals surface area (Å²) >= 11 is 3.84. The fourth-order valence-corrected chi connectivity index (χ4v) is 0.782. The highest BCUT2D eigenvalue weighted by atomic mass is 32.1. The van der Waals surface area contributed by atoms with Gasteiger partial charge in [-0.15, -0.1) is 12.6 Å². The Labute approximate surface area is 63.0 Å². The van der Waals surface area contributed by atoms with Gasteiger partial charge >= 0.3 is 0 Å². The van der Waals surface area contributed by atoms with Crippen LogP contribution in [0.25, 0.3) is 0 Å². The summed E-state index contributed by atoms with van der Waals surface area (Å²) in [5.74, 6) is 0.231. The van der Waals surface area contributed by atoms with Crippen LogP contribution in [0, 0.1) is 0 Å². The minimum absolute atomic E-state index is 0.116. The first-order valence-electron chi connectivity index (χ1n) is 2.48. The number of guanidine groups is 2. The molecule has 6 nitrogen and oxygen atoms in total. The summed E-state index contributed by atoms with van der Waals surface area (Å²) in [6.07, 6.45) is 0. The van der Waals surface area contributed by atoms with E-state index in [4.69, 9.17) is 17.2 Å². The SMILES string of the molecule is NC1=NC(N)(S)N=C(N)N1. The second-order valence-corrected chi connectivity index (χ2v) is 2.46. The maximum absolute atomic E-state index is 5.35. The van der Waals surface area contributed by atoms with Crippen molar-refractivity contribution in [1.82, 2.24) is 5.32 Å². The Kier molecular flexibility index (Phi) is 1.45. The third-order valence-electron chi connectivity index (χ3n) is 0.826. The molecule has 0 saturated heterocycles. The van der Waals surface area contributed by atoms with Crippen molar-refractivity contribution in [2.75, 3.05) is 0 Å². The average Bonchev–Trinajstić information content (AvgIpc) is 1.54. The molecule has 0 radical (unpaired) electrons. The molecule has 7 heteroatoms. The van der Waals surface area contributed by atoms with E-state index in [1.807, 2.05) is 0 Å². The van der Waals surface area contributed by atoms with Crippen molar-refractivity contribution >= 4 is 24.5 Å². The van der Waals surface area contributed by atoms with Crippen LogP contribution in [-0.4, -0.2) is 17.0 Å². The van der Waals surface area contributed by atoms with Crippen LogP contribution in [0.5, 0.6) is 0 Å². The highest BCUT2D eigenvalue weighted by Crippen LogP contribution is 2.10. The molecule has 0 aromatic carbocycles. The molecule has 56 valence electrons. The number of aliphatic imine (C=N–C) groups is 2. The standard InChI is InChI=1S/C3H8N6S/c4-1-7-2(5)9-3(6,10)8-1/h10H,6H2,(H5,4,5,7,8,9). The van der Waals surface area contributed by atoms with E-state index >= 15 is 0 Å². The van der Waals surface area contributed by atoms with Crippen LogP contribution in [0.15, 0.2) is 9.98 Å². The Morgan fingerprint density at radius 3 is 2.00 bits per heavy atom. The summed E-state index contributed by atoms with van der Waals surface area (Å²) in [4.78, 5) is 7.25. The lowest BCUT2D eigenvalue weighted by molar-refractivity contribution is 0.670. The van der Waals surface area contributed by atoms with Crippen molar-refractivity contribution in [3.63, 3.8) is 0 Å². The average molecular weight is 160 g/mol. The van der Waals surface area contributed by atoms with Gasteiger partial charge < -0.3 is 11.5 Å². The molecule has 0 bridgehead atoms.